The van der Waals surface area contributed by atoms with Gasteiger partial charge in [-0.05, 0) is 36.3 Å². The number of nitrogens with zero attached hydrogens (tertiary/aromatic N) is 1. The molecule has 0 radical (unpaired) electrons. The van der Waals surface area contributed by atoms with Crippen LogP contribution < -0.4 is 5.32 Å². The van der Waals surface area contributed by atoms with Gasteiger partial charge in [-0.25, -0.2) is 0 Å². The molecule has 2 aromatic rings. The van der Waals surface area contributed by atoms with Crippen LogP contribution in [0.3, 0.4) is 0 Å². The molecule has 0 amide bonds. The minimum Gasteiger partial charge on any atom is -0.339 e. The van der Waals surface area contributed by atoms with E-state index in [1.807, 2.05) is 24.3 Å². The van der Waals surface area contributed by atoms with Crippen molar-refractivity contribution in [3.05, 3.63) is 77.9 Å². The van der Waals surface area contributed by atoms with Crippen molar-refractivity contribution in [3.8, 4) is 0 Å². The van der Waals surface area contributed by atoms with Gasteiger partial charge < -0.3 is 10.2 Å². The smallest absolute Gasteiger partial charge is 0.174 e. The molecule has 0 aliphatic carbocycles. The first-order chi connectivity index (χ1) is 10.3. The summed E-state index contributed by atoms with van der Waals surface area (Å²) in [7, 11) is 0. The Kier molecular flexibility index (Phi) is 4.02. The molecule has 2 nitrogen and oxygen atoms in total. The van der Waals surface area contributed by atoms with Gasteiger partial charge >= 0.3 is 0 Å². The molecule has 1 atom stereocenters. The molecule has 21 heavy (non-hydrogen) atoms. The molecule has 3 heteroatoms. The summed E-state index contributed by atoms with van der Waals surface area (Å²) in [5, 5.41) is 4.14. The average molecular weight is 294 g/mol. The molecule has 1 N–H and O–H groups in total. The lowest BCUT2D eigenvalue weighted by Crippen LogP contribution is -2.44. The Balaban J connectivity index is 2.03. The van der Waals surface area contributed by atoms with Crippen molar-refractivity contribution in [2.75, 3.05) is 6.54 Å². The fourth-order valence-corrected chi connectivity index (χ4v) is 3.01. The maximum absolute atomic E-state index is 5.55. The second kappa shape index (κ2) is 6.10. The van der Waals surface area contributed by atoms with Crippen molar-refractivity contribution in [2.24, 2.45) is 0 Å². The van der Waals surface area contributed by atoms with Gasteiger partial charge in [0.2, 0.25) is 0 Å². The first-order valence-electron chi connectivity index (χ1n) is 7.19. The Morgan fingerprint density at radius 2 is 1.62 bits per heavy atom. The Labute approximate surface area is 131 Å². The Morgan fingerprint density at radius 3 is 2.24 bits per heavy atom. The van der Waals surface area contributed by atoms with Crippen molar-refractivity contribution in [1.29, 1.82) is 0 Å². The molecule has 0 fully saturated rings. The number of hydrogen-bond donors (Lipinski definition) is 1. The summed E-state index contributed by atoms with van der Waals surface area (Å²) in [6.07, 6.45) is 2.25. The summed E-state index contributed by atoms with van der Waals surface area (Å²) in [6, 6.07) is 21.0. The van der Waals surface area contributed by atoms with Crippen LogP contribution in [0.2, 0.25) is 0 Å². The summed E-state index contributed by atoms with van der Waals surface area (Å²) in [6.45, 7) is 3.01. The van der Waals surface area contributed by atoms with Gasteiger partial charge in [-0.2, -0.15) is 0 Å². The fraction of sp³-hybridized carbons (Fsp3) is 0.167. The molecule has 3 rings (SSSR count). The topological polar surface area (TPSA) is 15.3 Å². The Bertz CT molecular complexity index is 649. The molecule has 1 unspecified atom stereocenters. The maximum Gasteiger partial charge on any atom is 0.174 e. The summed E-state index contributed by atoms with van der Waals surface area (Å²) in [5.41, 5.74) is 3.51. The molecule has 2 aromatic carbocycles. The monoisotopic (exact) mass is 294 g/mol. The molecule has 0 bridgehead atoms. The summed E-state index contributed by atoms with van der Waals surface area (Å²) in [4.78, 5) is 2.21. The molecular weight excluding hydrogens is 276 g/mol. The van der Waals surface area contributed by atoms with Crippen molar-refractivity contribution in [1.82, 2.24) is 10.2 Å². The van der Waals surface area contributed by atoms with Gasteiger partial charge in [0.05, 0.1) is 6.04 Å². The lowest BCUT2D eigenvalue weighted by molar-refractivity contribution is 0.375. The SMILES string of the molecule is CCN1C(=S)NC(c2ccccc2)=CC1c1ccccc1. The number of rotatable bonds is 3. The van der Waals surface area contributed by atoms with Crippen molar-refractivity contribution in [2.45, 2.75) is 13.0 Å². The Hall–Kier alpha value is -2.13. The van der Waals surface area contributed by atoms with Gasteiger partial charge in [-0.3, -0.25) is 0 Å². The molecule has 0 spiro atoms. The molecule has 106 valence electrons. The molecule has 1 aliphatic heterocycles. The number of likely N-dealkylation sites (N-methyl/N-ethyl adjacent to an activating group) is 1. The van der Waals surface area contributed by atoms with Crippen LogP contribution in [0.15, 0.2) is 66.7 Å². The van der Waals surface area contributed by atoms with Crippen LogP contribution in [0.4, 0.5) is 0 Å². The quantitative estimate of drug-likeness (QED) is 0.862. The van der Waals surface area contributed by atoms with Crippen LogP contribution >= 0.6 is 12.2 Å². The van der Waals surface area contributed by atoms with Gasteiger partial charge in [-0.1, -0.05) is 60.7 Å². The van der Waals surface area contributed by atoms with Crippen LogP contribution in [0.1, 0.15) is 24.1 Å². The van der Waals surface area contributed by atoms with E-state index in [0.717, 1.165) is 22.9 Å². The number of benzene rings is 2. The average Bonchev–Trinajstić information content (AvgIpc) is 2.55. The van der Waals surface area contributed by atoms with E-state index >= 15 is 0 Å². The van der Waals surface area contributed by atoms with E-state index in [4.69, 9.17) is 12.2 Å². The molecule has 1 heterocycles. The zero-order valence-corrected chi connectivity index (χ0v) is 12.8. The molecule has 1 aliphatic rings. The van der Waals surface area contributed by atoms with Gasteiger partial charge in [0.15, 0.2) is 5.11 Å². The van der Waals surface area contributed by atoms with E-state index in [1.165, 1.54) is 5.56 Å². The van der Waals surface area contributed by atoms with Gasteiger partial charge in [0, 0.05) is 12.2 Å². The highest BCUT2D eigenvalue weighted by Crippen LogP contribution is 2.29. The minimum absolute atomic E-state index is 0.181. The van der Waals surface area contributed by atoms with E-state index in [9.17, 15) is 0 Å². The Morgan fingerprint density at radius 1 is 1.00 bits per heavy atom. The van der Waals surface area contributed by atoms with Crippen molar-refractivity contribution >= 4 is 23.0 Å². The standard InChI is InChI=1S/C18H18N2S/c1-2-20-17(15-11-7-4-8-12-15)13-16(19-18(20)21)14-9-5-3-6-10-14/h3-13,17H,2H2,1H3,(H,19,21). The zero-order valence-electron chi connectivity index (χ0n) is 12.0. The molecule has 0 saturated heterocycles. The second-order valence-electron chi connectivity index (χ2n) is 5.02. The predicted molar refractivity (Wildman–Crippen MR) is 91.7 cm³/mol. The van der Waals surface area contributed by atoms with E-state index in [-0.39, 0.29) is 6.04 Å². The van der Waals surface area contributed by atoms with Crippen LogP contribution in [0, 0.1) is 0 Å². The summed E-state index contributed by atoms with van der Waals surface area (Å²) < 4.78 is 0. The van der Waals surface area contributed by atoms with Crippen molar-refractivity contribution < 1.29 is 0 Å². The number of nitrogens with one attached hydrogen (secondary N) is 1. The van der Waals surface area contributed by atoms with Crippen LogP contribution in [-0.4, -0.2) is 16.6 Å². The van der Waals surface area contributed by atoms with Gasteiger partial charge in [-0.15, -0.1) is 0 Å². The summed E-state index contributed by atoms with van der Waals surface area (Å²) >= 11 is 5.55. The third-order valence-corrected chi connectivity index (χ3v) is 4.07. The minimum atomic E-state index is 0.181. The normalized spacial score (nSPS) is 18.1. The van der Waals surface area contributed by atoms with Crippen LogP contribution in [0.5, 0.6) is 0 Å². The zero-order chi connectivity index (χ0) is 14.7. The van der Waals surface area contributed by atoms with E-state index < -0.39 is 0 Å². The van der Waals surface area contributed by atoms with Crippen LogP contribution in [-0.2, 0) is 0 Å². The molecular formula is C18H18N2S. The maximum atomic E-state index is 5.55. The first kappa shape index (κ1) is 13.8. The van der Waals surface area contributed by atoms with E-state index in [1.54, 1.807) is 0 Å². The highest BCUT2D eigenvalue weighted by atomic mass is 32.1. The number of hydrogen-bond acceptors (Lipinski definition) is 1. The highest BCUT2D eigenvalue weighted by molar-refractivity contribution is 7.80. The fourth-order valence-electron chi connectivity index (χ4n) is 2.66. The van der Waals surface area contributed by atoms with Crippen molar-refractivity contribution in [3.63, 3.8) is 0 Å². The second-order valence-corrected chi connectivity index (χ2v) is 5.40. The highest BCUT2D eigenvalue weighted by Gasteiger charge is 2.25. The lowest BCUT2D eigenvalue weighted by Gasteiger charge is -2.36. The van der Waals surface area contributed by atoms with Crippen LogP contribution in [0.25, 0.3) is 5.70 Å². The van der Waals surface area contributed by atoms with Gasteiger partial charge in [0.25, 0.3) is 0 Å². The third kappa shape index (κ3) is 2.83. The summed E-state index contributed by atoms with van der Waals surface area (Å²) in [5.74, 6) is 0. The van der Waals surface area contributed by atoms with E-state index in [2.05, 4.69) is 59.6 Å². The van der Waals surface area contributed by atoms with E-state index in [0.29, 0.717) is 0 Å². The molecule has 0 saturated carbocycles. The lowest BCUT2D eigenvalue weighted by atomic mass is 10.00. The molecule has 0 aromatic heterocycles. The number of thiocarbonyl (C=S) groups is 1. The largest absolute Gasteiger partial charge is 0.339 e. The third-order valence-electron chi connectivity index (χ3n) is 3.73. The van der Waals surface area contributed by atoms with Gasteiger partial charge in [0.1, 0.15) is 0 Å². The predicted octanol–water partition coefficient (Wildman–Crippen LogP) is 3.98. The first-order valence-corrected chi connectivity index (χ1v) is 7.60.